The number of carbonyl (C=O) groups excluding carboxylic acids is 2. The van der Waals surface area contributed by atoms with Crippen molar-refractivity contribution in [1.82, 2.24) is 9.80 Å². The average molecular weight is 421 g/mol. The van der Waals surface area contributed by atoms with E-state index in [1.807, 2.05) is 28.1 Å². The predicted octanol–water partition coefficient (Wildman–Crippen LogP) is 0.806. The lowest BCUT2D eigenvalue weighted by molar-refractivity contribution is -0.146. The monoisotopic (exact) mass is 420 g/mol. The van der Waals surface area contributed by atoms with Gasteiger partial charge in [-0.25, -0.2) is 0 Å². The molecule has 0 saturated carbocycles. The molecule has 0 aromatic carbocycles. The van der Waals surface area contributed by atoms with Crippen molar-refractivity contribution < 1.29 is 33.3 Å². The Hall–Kier alpha value is -1.26. The number of carbonyl (C=O) groups is 2. The van der Waals surface area contributed by atoms with Gasteiger partial charge in [0.05, 0.1) is 46.1 Å². The number of hydrogen-bond acceptors (Lipinski definition) is 9. The standard InChI is InChI=1S/C20H40N2O7/c1-5-6-19(23)28-17-15-26-13-11-25-12-14-27-16-18-29-20(24)7-8-22(4)10-9-21(2)3/h5-18H2,1-4H3. The van der Waals surface area contributed by atoms with Gasteiger partial charge in [-0.05, 0) is 27.6 Å². The van der Waals surface area contributed by atoms with Gasteiger partial charge >= 0.3 is 11.9 Å². The second-order valence-corrected chi connectivity index (χ2v) is 6.88. The highest BCUT2D eigenvalue weighted by Gasteiger charge is 2.06. The van der Waals surface area contributed by atoms with Crippen LogP contribution in [0.4, 0.5) is 0 Å². The maximum absolute atomic E-state index is 11.7. The molecule has 0 fully saturated rings. The van der Waals surface area contributed by atoms with E-state index in [1.54, 1.807) is 0 Å². The van der Waals surface area contributed by atoms with Crippen LogP contribution in [0.3, 0.4) is 0 Å². The number of likely N-dealkylation sites (N-methyl/N-ethyl adjacent to an activating group) is 2. The first-order valence-electron chi connectivity index (χ1n) is 10.3. The fourth-order valence-corrected chi connectivity index (χ4v) is 2.08. The van der Waals surface area contributed by atoms with Gasteiger partial charge in [0.1, 0.15) is 13.2 Å². The molecule has 0 aliphatic rings. The fourth-order valence-electron chi connectivity index (χ4n) is 2.08. The maximum atomic E-state index is 11.7. The Kier molecular flexibility index (Phi) is 19.2. The third-order valence-electron chi connectivity index (χ3n) is 3.81. The Morgan fingerprint density at radius 3 is 1.52 bits per heavy atom. The second-order valence-electron chi connectivity index (χ2n) is 6.88. The van der Waals surface area contributed by atoms with Crippen LogP contribution in [0.15, 0.2) is 0 Å². The minimum Gasteiger partial charge on any atom is -0.463 e. The highest BCUT2D eigenvalue weighted by Crippen LogP contribution is 1.93. The van der Waals surface area contributed by atoms with Crippen LogP contribution in [0, 0.1) is 0 Å². The molecule has 0 unspecified atom stereocenters. The van der Waals surface area contributed by atoms with Gasteiger partial charge in [-0.15, -0.1) is 0 Å². The molecular formula is C20H40N2O7. The average Bonchev–Trinajstić information content (AvgIpc) is 2.68. The Balaban J connectivity index is 3.28. The topological polar surface area (TPSA) is 86.8 Å². The number of nitrogens with zero attached hydrogens (tertiary/aromatic N) is 2. The molecule has 9 nitrogen and oxygen atoms in total. The zero-order valence-corrected chi connectivity index (χ0v) is 18.7. The highest BCUT2D eigenvalue weighted by atomic mass is 16.6. The van der Waals surface area contributed by atoms with Crippen LogP contribution < -0.4 is 0 Å². The summed E-state index contributed by atoms with van der Waals surface area (Å²) in [4.78, 5) is 27.0. The predicted molar refractivity (Wildman–Crippen MR) is 110 cm³/mol. The van der Waals surface area contributed by atoms with Crippen LogP contribution in [0.25, 0.3) is 0 Å². The van der Waals surface area contributed by atoms with E-state index in [0.29, 0.717) is 59.0 Å². The summed E-state index contributed by atoms with van der Waals surface area (Å²) >= 11 is 0. The molecule has 0 saturated heterocycles. The van der Waals surface area contributed by atoms with E-state index in [9.17, 15) is 9.59 Å². The fraction of sp³-hybridized carbons (Fsp3) is 0.900. The Labute approximate surface area is 175 Å². The molecule has 0 bridgehead atoms. The van der Waals surface area contributed by atoms with Crippen molar-refractivity contribution in [3.05, 3.63) is 0 Å². The molecule has 0 heterocycles. The van der Waals surface area contributed by atoms with Crippen molar-refractivity contribution in [3.63, 3.8) is 0 Å². The molecule has 0 radical (unpaired) electrons. The minimum absolute atomic E-state index is 0.192. The van der Waals surface area contributed by atoms with Gasteiger partial charge in [0.15, 0.2) is 0 Å². The summed E-state index contributed by atoms with van der Waals surface area (Å²) in [5.74, 6) is -0.401. The van der Waals surface area contributed by atoms with Crippen molar-refractivity contribution in [1.29, 1.82) is 0 Å². The molecule has 29 heavy (non-hydrogen) atoms. The molecule has 0 aromatic rings. The van der Waals surface area contributed by atoms with E-state index in [4.69, 9.17) is 23.7 Å². The molecule has 0 N–H and O–H groups in total. The normalized spacial score (nSPS) is 11.2. The molecule has 0 aliphatic heterocycles. The second kappa shape index (κ2) is 20.0. The maximum Gasteiger partial charge on any atom is 0.307 e. The lowest BCUT2D eigenvalue weighted by Crippen LogP contribution is -2.30. The van der Waals surface area contributed by atoms with Crippen LogP contribution in [0.2, 0.25) is 0 Å². The Morgan fingerprint density at radius 1 is 0.621 bits per heavy atom. The van der Waals surface area contributed by atoms with Crippen LogP contribution in [0.1, 0.15) is 26.2 Å². The SMILES string of the molecule is CCCC(=O)OCCOCCOCCOCCOC(=O)CCN(C)CCN(C)C. The molecule has 0 rings (SSSR count). The van der Waals surface area contributed by atoms with Gasteiger partial charge in [0.25, 0.3) is 0 Å². The molecule has 0 atom stereocenters. The van der Waals surface area contributed by atoms with Crippen LogP contribution >= 0.6 is 0 Å². The Morgan fingerprint density at radius 2 is 1.07 bits per heavy atom. The number of rotatable bonds is 20. The summed E-state index contributed by atoms with van der Waals surface area (Å²) in [6.45, 7) is 7.49. The summed E-state index contributed by atoms with van der Waals surface area (Å²) < 4.78 is 26.1. The Bertz CT molecular complexity index is 408. The number of ether oxygens (including phenoxy) is 5. The van der Waals surface area contributed by atoms with Crippen molar-refractivity contribution in [2.24, 2.45) is 0 Å². The lowest BCUT2D eigenvalue weighted by atomic mass is 10.3. The molecule has 0 spiro atoms. The zero-order valence-electron chi connectivity index (χ0n) is 18.7. The van der Waals surface area contributed by atoms with E-state index in [-0.39, 0.29) is 25.2 Å². The first-order valence-corrected chi connectivity index (χ1v) is 10.3. The zero-order chi connectivity index (χ0) is 21.7. The molecular weight excluding hydrogens is 380 g/mol. The number of hydrogen-bond donors (Lipinski definition) is 0. The quantitative estimate of drug-likeness (QED) is 0.210. The van der Waals surface area contributed by atoms with Gasteiger partial charge in [-0.2, -0.15) is 0 Å². The van der Waals surface area contributed by atoms with Gasteiger partial charge in [-0.1, -0.05) is 6.92 Å². The molecule has 0 aliphatic carbocycles. The van der Waals surface area contributed by atoms with E-state index < -0.39 is 0 Å². The van der Waals surface area contributed by atoms with E-state index in [0.717, 1.165) is 19.5 Å². The van der Waals surface area contributed by atoms with Crippen molar-refractivity contribution in [3.8, 4) is 0 Å². The van der Waals surface area contributed by atoms with Crippen molar-refractivity contribution in [2.45, 2.75) is 26.2 Å². The van der Waals surface area contributed by atoms with Gasteiger partial charge < -0.3 is 33.5 Å². The van der Waals surface area contributed by atoms with Crippen molar-refractivity contribution >= 4 is 11.9 Å². The van der Waals surface area contributed by atoms with Gasteiger partial charge in [0, 0.05) is 26.1 Å². The molecule has 0 aromatic heterocycles. The smallest absolute Gasteiger partial charge is 0.307 e. The summed E-state index contributed by atoms with van der Waals surface area (Å²) in [6, 6.07) is 0. The molecule has 0 amide bonds. The largest absolute Gasteiger partial charge is 0.463 e. The third kappa shape index (κ3) is 21.3. The first-order chi connectivity index (χ1) is 14.0. The van der Waals surface area contributed by atoms with E-state index in [1.165, 1.54) is 0 Å². The molecule has 9 heteroatoms. The summed E-state index contributed by atoms with van der Waals surface area (Å²) in [6.07, 6.45) is 1.61. The van der Waals surface area contributed by atoms with Crippen molar-refractivity contribution in [2.75, 3.05) is 93.6 Å². The minimum atomic E-state index is -0.209. The van der Waals surface area contributed by atoms with Crippen LogP contribution in [-0.4, -0.2) is 115 Å². The third-order valence-corrected chi connectivity index (χ3v) is 3.81. The number of esters is 2. The van der Waals surface area contributed by atoms with E-state index in [2.05, 4.69) is 9.80 Å². The lowest BCUT2D eigenvalue weighted by Gasteiger charge is -2.18. The summed E-state index contributed by atoms with van der Waals surface area (Å²) in [5, 5.41) is 0. The van der Waals surface area contributed by atoms with Crippen LogP contribution in [-0.2, 0) is 33.3 Å². The van der Waals surface area contributed by atoms with Gasteiger partial charge in [-0.3, -0.25) is 9.59 Å². The highest BCUT2D eigenvalue weighted by molar-refractivity contribution is 5.69. The van der Waals surface area contributed by atoms with Crippen LogP contribution in [0.5, 0.6) is 0 Å². The first kappa shape index (κ1) is 27.7. The van der Waals surface area contributed by atoms with Gasteiger partial charge in [0.2, 0.25) is 0 Å². The summed E-state index contributed by atoms with van der Waals surface area (Å²) in [5.41, 5.74) is 0. The summed E-state index contributed by atoms with van der Waals surface area (Å²) in [7, 11) is 6.04. The molecule has 172 valence electrons. The van der Waals surface area contributed by atoms with E-state index >= 15 is 0 Å².